The van der Waals surface area contributed by atoms with Gasteiger partial charge in [-0.25, -0.2) is 8.42 Å². The normalized spacial score (nSPS) is 15.7. The minimum absolute atomic E-state index is 0.0157. The number of amides is 1. The van der Waals surface area contributed by atoms with Crippen molar-refractivity contribution in [2.45, 2.75) is 11.4 Å². The van der Waals surface area contributed by atoms with Gasteiger partial charge in [0.15, 0.2) is 0 Å². The third kappa shape index (κ3) is 4.49. The molecule has 11 heteroatoms. The summed E-state index contributed by atoms with van der Waals surface area (Å²) >= 11 is 0. The Labute approximate surface area is 185 Å². The fourth-order valence-corrected chi connectivity index (χ4v) is 5.17. The molecule has 2 aromatic carbocycles. The van der Waals surface area contributed by atoms with Crippen LogP contribution < -0.4 is 5.32 Å². The number of hydrogen-bond donors (Lipinski definition) is 1. The summed E-state index contributed by atoms with van der Waals surface area (Å²) in [6, 6.07) is 12.4. The molecule has 1 saturated heterocycles. The number of rotatable bonds is 6. The first-order valence-electron chi connectivity index (χ1n) is 10.1. The van der Waals surface area contributed by atoms with E-state index in [1.165, 1.54) is 28.6 Å². The van der Waals surface area contributed by atoms with Crippen LogP contribution in [0.2, 0.25) is 0 Å². The first-order valence-corrected chi connectivity index (χ1v) is 11.5. The van der Waals surface area contributed by atoms with Gasteiger partial charge < -0.3 is 14.8 Å². The quantitative estimate of drug-likeness (QED) is 0.448. The third-order valence-electron chi connectivity index (χ3n) is 5.50. The molecule has 0 saturated carbocycles. The van der Waals surface area contributed by atoms with Crippen molar-refractivity contribution in [1.82, 2.24) is 13.8 Å². The monoisotopic (exact) mass is 457 g/mol. The molecular weight excluding hydrogens is 434 g/mol. The summed E-state index contributed by atoms with van der Waals surface area (Å²) in [4.78, 5) is 25.3. The first-order chi connectivity index (χ1) is 15.2. The second kappa shape index (κ2) is 8.69. The average Bonchev–Trinajstić information content (AvgIpc) is 3.16. The van der Waals surface area contributed by atoms with Crippen LogP contribution in [0.3, 0.4) is 0 Å². The van der Waals surface area contributed by atoms with Crippen molar-refractivity contribution in [3.8, 4) is 0 Å². The van der Waals surface area contributed by atoms with Gasteiger partial charge in [0, 0.05) is 61.1 Å². The maximum absolute atomic E-state index is 13.0. The second-order valence-corrected chi connectivity index (χ2v) is 9.67. The lowest BCUT2D eigenvalue weighted by Gasteiger charge is -2.31. The highest BCUT2D eigenvalue weighted by molar-refractivity contribution is 7.89. The van der Waals surface area contributed by atoms with E-state index < -0.39 is 14.9 Å². The minimum Gasteiger partial charge on any atom is -0.338 e. The smallest absolute Gasteiger partial charge is 0.270 e. The summed E-state index contributed by atoms with van der Waals surface area (Å²) in [5.74, 6) is -0.338. The Balaban J connectivity index is 1.47. The number of sulfonamides is 1. The van der Waals surface area contributed by atoms with Crippen molar-refractivity contribution in [3.05, 3.63) is 64.8 Å². The molecule has 0 spiro atoms. The maximum atomic E-state index is 13.0. The van der Waals surface area contributed by atoms with E-state index in [4.69, 9.17) is 0 Å². The molecule has 1 amide bonds. The van der Waals surface area contributed by atoms with Gasteiger partial charge in [-0.1, -0.05) is 6.07 Å². The molecule has 32 heavy (non-hydrogen) atoms. The van der Waals surface area contributed by atoms with E-state index in [1.807, 2.05) is 7.05 Å². The van der Waals surface area contributed by atoms with E-state index in [1.54, 1.807) is 35.0 Å². The van der Waals surface area contributed by atoms with E-state index >= 15 is 0 Å². The number of fused-ring (bicyclic) bond motifs is 1. The second-order valence-electron chi connectivity index (χ2n) is 7.73. The van der Waals surface area contributed by atoms with Crippen molar-refractivity contribution in [2.75, 3.05) is 38.5 Å². The molecule has 0 unspecified atom stereocenters. The highest BCUT2D eigenvalue weighted by atomic mass is 32.2. The molecule has 0 atom stereocenters. The summed E-state index contributed by atoms with van der Waals surface area (Å²) < 4.78 is 29.0. The van der Waals surface area contributed by atoms with Crippen LogP contribution in [-0.4, -0.2) is 66.2 Å². The van der Waals surface area contributed by atoms with E-state index in [2.05, 4.69) is 10.2 Å². The van der Waals surface area contributed by atoms with Gasteiger partial charge in [0.05, 0.1) is 9.82 Å². The van der Waals surface area contributed by atoms with Crippen LogP contribution in [0.5, 0.6) is 0 Å². The molecule has 1 aliphatic rings. The van der Waals surface area contributed by atoms with Gasteiger partial charge in [-0.2, -0.15) is 4.31 Å². The predicted octanol–water partition coefficient (Wildman–Crippen LogP) is 2.12. The lowest BCUT2D eigenvalue weighted by Crippen LogP contribution is -2.47. The van der Waals surface area contributed by atoms with Crippen LogP contribution in [-0.2, 0) is 21.4 Å². The third-order valence-corrected chi connectivity index (χ3v) is 7.39. The Morgan fingerprint density at radius 2 is 1.84 bits per heavy atom. The molecule has 4 rings (SSSR count). The highest BCUT2D eigenvalue weighted by Gasteiger charge is 2.27. The SMILES string of the molecule is CN1CCN(S(=O)(=O)c2cccc(NC(=O)Cn3ccc4cc([N+](=O)[O-])ccc43)c2)CC1. The Kier molecular flexibility index (Phi) is 5.96. The molecule has 0 aliphatic carbocycles. The van der Waals surface area contributed by atoms with Crippen molar-refractivity contribution in [2.24, 2.45) is 0 Å². The van der Waals surface area contributed by atoms with Crippen LogP contribution in [0.25, 0.3) is 10.9 Å². The van der Waals surface area contributed by atoms with Crippen LogP contribution in [0, 0.1) is 10.1 Å². The van der Waals surface area contributed by atoms with Gasteiger partial charge in [0.2, 0.25) is 15.9 Å². The van der Waals surface area contributed by atoms with Gasteiger partial charge in [0.1, 0.15) is 6.54 Å². The lowest BCUT2D eigenvalue weighted by atomic mass is 10.2. The van der Waals surface area contributed by atoms with Crippen molar-refractivity contribution < 1.29 is 18.1 Å². The molecule has 1 N–H and O–H groups in total. The van der Waals surface area contributed by atoms with Crippen molar-refractivity contribution in [3.63, 3.8) is 0 Å². The number of piperazine rings is 1. The number of nitro groups is 1. The molecule has 0 radical (unpaired) electrons. The van der Waals surface area contributed by atoms with Gasteiger partial charge in [0.25, 0.3) is 5.69 Å². The van der Waals surface area contributed by atoms with Gasteiger partial charge in [-0.15, -0.1) is 0 Å². The number of anilines is 1. The summed E-state index contributed by atoms with van der Waals surface area (Å²) in [5.41, 5.74) is 1.06. The standard InChI is InChI=1S/C21H23N5O5S/c1-23-9-11-25(12-10-23)32(30,31)19-4-2-3-17(14-19)22-21(27)15-24-8-7-16-13-18(26(28)29)5-6-20(16)24/h2-8,13-14H,9-12,15H2,1H3,(H,22,27). The zero-order valence-electron chi connectivity index (χ0n) is 17.5. The number of hydrogen-bond acceptors (Lipinski definition) is 6. The van der Waals surface area contributed by atoms with E-state index in [0.717, 1.165) is 0 Å². The molecule has 168 valence electrons. The van der Waals surface area contributed by atoms with Gasteiger partial charge in [-0.3, -0.25) is 14.9 Å². The summed E-state index contributed by atoms with van der Waals surface area (Å²) in [5, 5.41) is 14.3. The zero-order valence-corrected chi connectivity index (χ0v) is 18.3. The minimum atomic E-state index is -3.64. The number of carbonyl (C=O) groups excluding carboxylic acids is 1. The molecule has 0 bridgehead atoms. The van der Waals surface area contributed by atoms with Crippen LogP contribution in [0.15, 0.2) is 59.6 Å². The number of nitro benzene ring substituents is 1. The summed E-state index contributed by atoms with van der Waals surface area (Å²) in [6.45, 7) is 2.17. The topological polar surface area (TPSA) is 118 Å². The lowest BCUT2D eigenvalue weighted by molar-refractivity contribution is -0.384. The van der Waals surface area contributed by atoms with Crippen LogP contribution >= 0.6 is 0 Å². The molecule has 1 aromatic heterocycles. The molecular formula is C21H23N5O5S. The molecule has 1 aliphatic heterocycles. The summed E-state index contributed by atoms with van der Waals surface area (Å²) in [6.07, 6.45) is 1.68. The predicted molar refractivity (Wildman–Crippen MR) is 120 cm³/mol. The average molecular weight is 458 g/mol. The van der Waals surface area contributed by atoms with Crippen molar-refractivity contribution >= 4 is 38.2 Å². The Morgan fingerprint density at radius 1 is 1.09 bits per heavy atom. The molecule has 2 heterocycles. The van der Waals surface area contributed by atoms with Crippen LogP contribution in [0.1, 0.15) is 0 Å². The maximum Gasteiger partial charge on any atom is 0.270 e. The number of benzene rings is 2. The summed E-state index contributed by atoms with van der Waals surface area (Å²) in [7, 11) is -1.68. The Bertz CT molecular complexity index is 1280. The van der Waals surface area contributed by atoms with Crippen molar-refractivity contribution in [1.29, 1.82) is 0 Å². The van der Waals surface area contributed by atoms with Gasteiger partial charge >= 0.3 is 0 Å². The first kappa shape index (κ1) is 21.9. The Morgan fingerprint density at radius 3 is 2.56 bits per heavy atom. The molecule has 1 fully saturated rings. The largest absolute Gasteiger partial charge is 0.338 e. The van der Waals surface area contributed by atoms with E-state index in [0.29, 0.717) is 42.8 Å². The molecule has 10 nitrogen and oxygen atoms in total. The number of nitrogens with one attached hydrogen (secondary N) is 1. The van der Waals surface area contributed by atoms with Crippen LogP contribution in [0.4, 0.5) is 11.4 Å². The number of nitrogens with zero attached hydrogens (tertiary/aromatic N) is 4. The highest BCUT2D eigenvalue weighted by Crippen LogP contribution is 2.23. The number of aromatic nitrogens is 1. The Hall–Kier alpha value is -3.28. The zero-order chi connectivity index (χ0) is 22.9. The van der Waals surface area contributed by atoms with E-state index in [-0.39, 0.29) is 23.0 Å². The fraction of sp³-hybridized carbons (Fsp3) is 0.286. The number of carbonyl (C=O) groups is 1. The fourth-order valence-electron chi connectivity index (χ4n) is 3.71. The number of likely N-dealkylation sites (N-methyl/N-ethyl adjacent to an activating group) is 1. The van der Waals surface area contributed by atoms with Gasteiger partial charge in [-0.05, 0) is 37.4 Å². The number of non-ortho nitro benzene ring substituents is 1. The van der Waals surface area contributed by atoms with E-state index in [9.17, 15) is 23.3 Å². The molecule has 3 aromatic rings.